The third-order valence-electron chi connectivity index (χ3n) is 3.26. The molecule has 0 amide bonds. The van der Waals surface area contributed by atoms with Gasteiger partial charge in [-0.2, -0.15) is 5.10 Å². The number of non-ortho nitro benzene ring substituents is 1. The first kappa shape index (κ1) is 12.4. The maximum Gasteiger partial charge on any atom is 0.269 e. The zero-order valence-corrected chi connectivity index (χ0v) is 10.9. The van der Waals surface area contributed by atoms with Gasteiger partial charge < -0.3 is 4.42 Å². The van der Waals surface area contributed by atoms with E-state index in [4.69, 9.17) is 4.42 Å². The molecule has 6 nitrogen and oxygen atoms in total. The molecule has 0 fully saturated rings. The van der Waals surface area contributed by atoms with Crippen LogP contribution in [0.1, 0.15) is 25.1 Å². The van der Waals surface area contributed by atoms with E-state index in [-0.39, 0.29) is 11.7 Å². The van der Waals surface area contributed by atoms with Crippen LogP contribution in [-0.4, -0.2) is 10.6 Å². The van der Waals surface area contributed by atoms with Gasteiger partial charge in [-0.05, 0) is 31.2 Å². The van der Waals surface area contributed by atoms with E-state index in [2.05, 4.69) is 5.10 Å². The summed E-state index contributed by atoms with van der Waals surface area (Å²) >= 11 is 0. The molecule has 0 bridgehead atoms. The molecule has 0 N–H and O–H groups in total. The zero-order valence-electron chi connectivity index (χ0n) is 10.9. The molecule has 1 aromatic heterocycles. The molecule has 20 heavy (non-hydrogen) atoms. The second-order valence-corrected chi connectivity index (χ2v) is 4.69. The standard InChI is InChI=1S/C14H13N3O3/c1-10-9-13(14-3-2-8-20-14)16(15-10)11-4-6-12(7-5-11)17(18)19/h2-8,13H,9H2,1H3. The fourth-order valence-electron chi connectivity index (χ4n) is 2.33. The predicted molar refractivity (Wildman–Crippen MR) is 74.8 cm³/mol. The van der Waals surface area contributed by atoms with Gasteiger partial charge in [-0.1, -0.05) is 0 Å². The topological polar surface area (TPSA) is 71.9 Å². The highest BCUT2D eigenvalue weighted by atomic mass is 16.6. The van der Waals surface area contributed by atoms with Crippen LogP contribution in [0.15, 0.2) is 52.2 Å². The summed E-state index contributed by atoms with van der Waals surface area (Å²) in [5.41, 5.74) is 1.89. The summed E-state index contributed by atoms with van der Waals surface area (Å²) in [5, 5.41) is 17.0. The molecular formula is C14H13N3O3. The number of hydrogen-bond acceptors (Lipinski definition) is 5. The van der Waals surface area contributed by atoms with Gasteiger partial charge in [-0.3, -0.25) is 15.1 Å². The third kappa shape index (κ3) is 2.16. The summed E-state index contributed by atoms with van der Waals surface area (Å²) in [6.07, 6.45) is 2.42. The predicted octanol–water partition coefficient (Wildman–Crippen LogP) is 3.52. The molecule has 1 aliphatic rings. The lowest BCUT2D eigenvalue weighted by Crippen LogP contribution is -2.17. The van der Waals surface area contributed by atoms with Gasteiger partial charge in [0.1, 0.15) is 11.8 Å². The Labute approximate surface area is 115 Å². The Bertz CT molecular complexity index is 647. The highest BCUT2D eigenvalue weighted by Gasteiger charge is 2.29. The number of nitro benzene ring substituents is 1. The number of hydrogen-bond donors (Lipinski definition) is 0. The van der Waals surface area contributed by atoms with Crippen LogP contribution in [0.4, 0.5) is 11.4 Å². The molecule has 1 aliphatic heterocycles. The van der Waals surface area contributed by atoms with Gasteiger partial charge in [0, 0.05) is 24.3 Å². The van der Waals surface area contributed by atoms with E-state index in [0.29, 0.717) is 0 Å². The fraction of sp³-hybridized carbons (Fsp3) is 0.214. The molecule has 0 radical (unpaired) electrons. The van der Waals surface area contributed by atoms with Gasteiger partial charge in [0.05, 0.1) is 16.9 Å². The van der Waals surface area contributed by atoms with Crippen LogP contribution in [-0.2, 0) is 0 Å². The number of nitrogens with zero attached hydrogens (tertiary/aromatic N) is 3. The third-order valence-corrected chi connectivity index (χ3v) is 3.26. The lowest BCUT2D eigenvalue weighted by atomic mass is 10.1. The van der Waals surface area contributed by atoms with Crippen LogP contribution in [0.2, 0.25) is 0 Å². The normalized spacial score (nSPS) is 18.1. The highest BCUT2D eigenvalue weighted by Crippen LogP contribution is 2.35. The lowest BCUT2D eigenvalue weighted by molar-refractivity contribution is -0.384. The van der Waals surface area contributed by atoms with E-state index in [9.17, 15) is 10.1 Å². The minimum atomic E-state index is -0.410. The molecule has 0 saturated heterocycles. The maximum atomic E-state index is 10.7. The molecule has 2 heterocycles. The minimum Gasteiger partial charge on any atom is -0.467 e. The van der Waals surface area contributed by atoms with Crippen LogP contribution < -0.4 is 5.01 Å². The van der Waals surface area contributed by atoms with Crippen LogP contribution in [0, 0.1) is 10.1 Å². The molecule has 102 valence electrons. The summed E-state index contributed by atoms with van der Waals surface area (Å²) in [5.74, 6) is 0.837. The van der Waals surface area contributed by atoms with Gasteiger partial charge in [-0.15, -0.1) is 0 Å². The number of anilines is 1. The smallest absolute Gasteiger partial charge is 0.269 e. The summed E-state index contributed by atoms with van der Waals surface area (Å²) in [7, 11) is 0. The molecule has 6 heteroatoms. The van der Waals surface area contributed by atoms with Crippen molar-refractivity contribution in [1.29, 1.82) is 0 Å². The summed E-state index contributed by atoms with van der Waals surface area (Å²) in [6, 6.07) is 10.1. The summed E-state index contributed by atoms with van der Waals surface area (Å²) in [6.45, 7) is 1.96. The van der Waals surface area contributed by atoms with Crippen molar-refractivity contribution in [1.82, 2.24) is 0 Å². The average molecular weight is 271 g/mol. The summed E-state index contributed by atoms with van der Waals surface area (Å²) in [4.78, 5) is 10.3. The van der Waals surface area contributed by atoms with Crippen molar-refractivity contribution in [3.05, 3.63) is 58.5 Å². The Kier molecular flexibility index (Phi) is 2.98. The fourth-order valence-corrected chi connectivity index (χ4v) is 2.33. The average Bonchev–Trinajstić information content (AvgIpc) is 3.07. The number of benzene rings is 1. The molecule has 0 aliphatic carbocycles. The van der Waals surface area contributed by atoms with Crippen molar-refractivity contribution in [3.8, 4) is 0 Å². The Hall–Kier alpha value is -2.63. The first-order chi connectivity index (χ1) is 9.65. The van der Waals surface area contributed by atoms with Crippen molar-refractivity contribution in [2.45, 2.75) is 19.4 Å². The molecule has 0 saturated carbocycles. The van der Waals surface area contributed by atoms with E-state index >= 15 is 0 Å². The van der Waals surface area contributed by atoms with Gasteiger partial charge in [0.15, 0.2) is 0 Å². The summed E-state index contributed by atoms with van der Waals surface area (Å²) < 4.78 is 5.46. The van der Waals surface area contributed by atoms with Crippen molar-refractivity contribution >= 4 is 17.1 Å². The molecule has 1 aromatic carbocycles. The second kappa shape index (κ2) is 4.80. The highest BCUT2D eigenvalue weighted by molar-refractivity contribution is 5.86. The van der Waals surface area contributed by atoms with Crippen LogP contribution in [0.3, 0.4) is 0 Å². The maximum absolute atomic E-state index is 10.7. The van der Waals surface area contributed by atoms with E-state index < -0.39 is 4.92 Å². The SMILES string of the molecule is CC1=NN(c2ccc([N+](=O)[O-])cc2)C(c2ccco2)C1. The molecular weight excluding hydrogens is 258 g/mol. The van der Waals surface area contributed by atoms with Gasteiger partial charge >= 0.3 is 0 Å². The first-order valence-corrected chi connectivity index (χ1v) is 6.26. The Morgan fingerprint density at radius 3 is 2.70 bits per heavy atom. The Morgan fingerprint density at radius 2 is 2.10 bits per heavy atom. The van der Waals surface area contributed by atoms with E-state index in [0.717, 1.165) is 23.6 Å². The van der Waals surface area contributed by atoms with Crippen molar-refractivity contribution in [2.24, 2.45) is 5.10 Å². The number of nitro groups is 1. The van der Waals surface area contributed by atoms with Crippen molar-refractivity contribution in [2.75, 3.05) is 5.01 Å². The van der Waals surface area contributed by atoms with Crippen LogP contribution in [0.5, 0.6) is 0 Å². The molecule has 0 spiro atoms. The van der Waals surface area contributed by atoms with E-state index in [1.165, 1.54) is 12.1 Å². The van der Waals surface area contributed by atoms with Gasteiger partial charge in [0.2, 0.25) is 0 Å². The number of rotatable bonds is 3. The quantitative estimate of drug-likeness (QED) is 0.632. The number of hydrazone groups is 1. The first-order valence-electron chi connectivity index (χ1n) is 6.26. The monoisotopic (exact) mass is 271 g/mol. The zero-order chi connectivity index (χ0) is 14.1. The molecule has 3 rings (SSSR count). The lowest BCUT2D eigenvalue weighted by Gasteiger charge is -2.21. The minimum absolute atomic E-state index is 0.00598. The molecule has 2 aromatic rings. The van der Waals surface area contributed by atoms with Gasteiger partial charge in [0.25, 0.3) is 5.69 Å². The molecule has 1 unspecified atom stereocenters. The van der Waals surface area contributed by atoms with Crippen LogP contribution >= 0.6 is 0 Å². The molecule has 1 atom stereocenters. The Balaban J connectivity index is 1.92. The van der Waals surface area contributed by atoms with Gasteiger partial charge in [-0.25, -0.2) is 0 Å². The largest absolute Gasteiger partial charge is 0.467 e. The second-order valence-electron chi connectivity index (χ2n) is 4.69. The van der Waals surface area contributed by atoms with Crippen molar-refractivity contribution in [3.63, 3.8) is 0 Å². The van der Waals surface area contributed by atoms with Crippen molar-refractivity contribution < 1.29 is 9.34 Å². The van der Waals surface area contributed by atoms with Crippen LogP contribution in [0.25, 0.3) is 0 Å². The van der Waals surface area contributed by atoms with E-state index in [1.807, 2.05) is 24.1 Å². The van der Waals surface area contributed by atoms with E-state index in [1.54, 1.807) is 18.4 Å². The number of furan rings is 1. The Morgan fingerprint density at radius 1 is 1.35 bits per heavy atom.